The number of hydrogen-bond donors (Lipinski definition) is 2. The molecule has 0 aliphatic heterocycles. The van der Waals surface area contributed by atoms with Crippen LogP contribution in [0.5, 0.6) is 0 Å². The van der Waals surface area contributed by atoms with Gasteiger partial charge in [-0.1, -0.05) is 36.4 Å². The molecule has 4 nitrogen and oxygen atoms in total. The summed E-state index contributed by atoms with van der Waals surface area (Å²) in [7, 11) is 1.62. The van der Waals surface area contributed by atoms with Crippen LogP contribution in [0.1, 0.15) is 35.2 Å². The van der Waals surface area contributed by atoms with Crippen LogP contribution in [0.15, 0.2) is 48.5 Å². The lowest BCUT2D eigenvalue weighted by Gasteiger charge is -2.17. The molecule has 26 heavy (non-hydrogen) atoms. The average Bonchev–Trinajstić information content (AvgIpc) is 2.61. The number of rotatable bonds is 6. The zero-order chi connectivity index (χ0) is 19.2. The van der Waals surface area contributed by atoms with Crippen LogP contribution in [-0.4, -0.2) is 13.1 Å². The van der Waals surface area contributed by atoms with E-state index in [2.05, 4.69) is 10.6 Å². The standard InChI is InChI=1S/C19H21F3N2O2/c1-13(16-4-3-5-17(10-16)19(20,21)22)24-18(25)23-11-14-6-8-15(9-7-14)12-26-2/h3-10,13H,11-12H2,1-2H3,(H2,23,24,25). The molecule has 2 rings (SSSR count). The summed E-state index contributed by atoms with van der Waals surface area (Å²) in [5.74, 6) is 0. The van der Waals surface area contributed by atoms with Gasteiger partial charge in [0.05, 0.1) is 18.2 Å². The molecule has 0 saturated heterocycles. The minimum Gasteiger partial charge on any atom is -0.380 e. The molecular weight excluding hydrogens is 345 g/mol. The van der Waals surface area contributed by atoms with Crippen molar-refractivity contribution in [3.63, 3.8) is 0 Å². The molecule has 1 atom stereocenters. The van der Waals surface area contributed by atoms with Gasteiger partial charge < -0.3 is 15.4 Å². The fourth-order valence-electron chi connectivity index (χ4n) is 2.42. The van der Waals surface area contributed by atoms with E-state index >= 15 is 0 Å². The van der Waals surface area contributed by atoms with Gasteiger partial charge >= 0.3 is 12.2 Å². The first-order chi connectivity index (χ1) is 12.3. The predicted octanol–water partition coefficient (Wildman–Crippen LogP) is 4.41. The molecule has 0 radical (unpaired) electrons. The van der Waals surface area contributed by atoms with Crippen LogP contribution in [0.2, 0.25) is 0 Å². The van der Waals surface area contributed by atoms with Gasteiger partial charge in [-0.15, -0.1) is 0 Å². The number of carbonyl (C=O) groups is 1. The molecule has 0 aliphatic rings. The van der Waals surface area contributed by atoms with Crippen molar-refractivity contribution in [3.05, 3.63) is 70.8 Å². The van der Waals surface area contributed by atoms with Crippen molar-refractivity contribution in [1.82, 2.24) is 10.6 Å². The second-order valence-electron chi connectivity index (χ2n) is 5.92. The fraction of sp³-hybridized carbons (Fsp3) is 0.316. The first-order valence-corrected chi connectivity index (χ1v) is 8.08. The van der Waals surface area contributed by atoms with Crippen LogP contribution in [-0.2, 0) is 24.1 Å². The number of carbonyl (C=O) groups excluding carboxylic acids is 1. The van der Waals surface area contributed by atoms with E-state index in [1.807, 2.05) is 24.3 Å². The largest absolute Gasteiger partial charge is 0.416 e. The van der Waals surface area contributed by atoms with Crippen LogP contribution in [0.4, 0.5) is 18.0 Å². The average molecular weight is 366 g/mol. The maximum atomic E-state index is 12.8. The SMILES string of the molecule is COCc1ccc(CNC(=O)NC(C)c2cccc(C(F)(F)F)c2)cc1. The van der Waals surface area contributed by atoms with Crippen LogP contribution >= 0.6 is 0 Å². The number of hydrogen-bond acceptors (Lipinski definition) is 2. The van der Waals surface area contributed by atoms with E-state index in [0.717, 1.165) is 23.3 Å². The van der Waals surface area contributed by atoms with Gasteiger partial charge in [-0.3, -0.25) is 0 Å². The lowest BCUT2D eigenvalue weighted by atomic mass is 10.1. The molecule has 0 heterocycles. The Hall–Kier alpha value is -2.54. The Bertz CT molecular complexity index is 730. The number of ether oxygens (including phenoxy) is 1. The zero-order valence-electron chi connectivity index (χ0n) is 14.6. The summed E-state index contributed by atoms with van der Waals surface area (Å²) in [5, 5.41) is 5.33. The Morgan fingerprint density at radius 3 is 2.38 bits per heavy atom. The molecule has 2 aromatic carbocycles. The molecule has 7 heteroatoms. The smallest absolute Gasteiger partial charge is 0.380 e. The quantitative estimate of drug-likeness (QED) is 0.796. The van der Waals surface area contributed by atoms with E-state index in [4.69, 9.17) is 4.74 Å². The van der Waals surface area contributed by atoms with Crippen LogP contribution in [0.25, 0.3) is 0 Å². The molecule has 2 amide bonds. The third-order valence-electron chi connectivity index (χ3n) is 3.85. The Morgan fingerprint density at radius 1 is 1.12 bits per heavy atom. The molecule has 0 saturated carbocycles. The lowest BCUT2D eigenvalue weighted by molar-refractivity contribution is -0.137. The molecule has 0 aromatic heterocycles. The highest BCUT2D eigenvalue weighted by Crippen LogP contribution is 2.30. The topological polar surface area (TPSA) is 50.4 Å². The maximum Gasteiger partial charge on any atom is 0.416 e. The van der Waals surface area contributed by atoms with Gasteiger partial charge in [0.15, 0.2) is 0 Å². The number of methoxy groups -OCH3 is 1. The minimum absolute atomic E-state index is 0.314. The summed E-state index contributed by atoms with van der Waals surface area (Å²) in [6.45, 7) is 2.46. The van der Waals surface area contributed by atoms with E-state index < -0.39 is 23.8 Å². The van der Waals surface area contributed by atoms with Crippen molar-refractivity contribution >= 4 is 6.03 Å². The van der Waals surface area contributed by atoms with E-state index in [1.54, 1.807) is 20.1 Å². The number of amides is 2. The van der Waals surface area contributed by atoms with Gasteiger partial charge in [-0.2, -0.15) is 13.2 Å². The van der Waals surface area contributed by atoms with Crippen molar-refractivity contribution in [1.29, 1.82) is 0 Å². The third kappa shape index (κ3) is 5.77. The van der Waals surface area contributed by atoms with E-state index in [1.165, 1.54) is 6.07 Å². The van der Waals surface area contributed by atoms with Crippen LogP contribution < -0.4 is 10.6 Å². The number of halogens is 3. The zero-order valence-corrected chi connectivity index (χ0v) is 14.6. The number of benzene rings is 2. The molecule has 140 valence electrons. The molecule has 0 bridgehead atoms. The van der Waals surface area contributed by atoms with Crippen LogP contribution in [0.3, 0.4) is 0 Å². The first-order valence-electron chi connectivity index (χ1n) is 8.08. The van der Waals surface area contributed by atoms with Crippen molar-refractivity contribution < 1.29 is 22.7 Å². The maximum absolute atomic E-state index is 12.8. The summed E-state index contributed by atoms with van der Waals surface area (Å²) in [5.41, 5.74) is 1.59. The highest BCUT2D eigenvalue weighted by Gasteiger charge is 2.30. The molecule has 0 fully saturated rings. The van der Waals surface area contributed by atoms with Gasteiger partial charge in [0, 0.05) is 13.7 Å². The lowest BCUT2D eigenvalue weighted by Crippen LogP contribution is -2.36. The summed E-state index contributed by atoms with van der Waals surface area (Å²) >= 11 is 0. The Morgan fingerprint density at radius 2 is 1.77 bits per heavy atom. The van der Waals surface area contributed by atoms with Gasteiger partial charge in [0.1, 0.15) is 0 Å². The molecule has 2 aromatic rings. The molecular formula is C19H21F3N2O2. The summed E-state index contributed by atoms with van der Waals surface area (Å²) in [6.07, 6.45) is -4.41. The first kappa shape index (κ1) is 19.8. The summed E-state index contributed by atoms with van der Waals surface area (Å²) in [6, 6.07) is 11.5. The van der Waals surface area contributed by atoms with Crippen molar-refractivity contribution in [2.45, 2.75) is 32.3 Å². The van der Waals surface area contributed by atoms with Gasteiger partial charge in [-0.25, -0.2) is 4.79 Å². The summed E-state index contributed by atoms with van der Waals surface area (Å²) < 4.78 is 43.3. The van der Waals surface area contributed by atoms with E-state index in [0.29, 0.717) is 18.7 Å². The minimum atomic E-state index is -4.41. The fourth-order valence-corrected chi connectivity index (χ4v) is 2.42. The monoisotopic (exact) mass is 366 g/mol. The second kappa shape index (κ2) is 8.71. The van der Waals surface area contributed by atoms with Crippen molar-refractivity contribution in [3.8, 4) is 0 Å². The molecule has 2 N–H and O–H groups in total. The van der Waals surface area contributed by atoms with E-state index in [9.17, 15) is 18.0 Å². The normalized spacial score (nSPS) is 12.5. The predicted molar refractivity (Wildman–Crippen MR) is 92.4 cm³/mol. The highest BCUT2D eigenvalue weighted by atomic mass is 19.4. The molecule has 0 spiro atoms. The second-order valence-corrected chi connectivity index (χ2v) is 5.92. The van der Waals surface area contributed by atoms with Gasteiger partial charge in [-0.05, 0) is 35.7 Å². The van der Waals surface area contributed by atoms with Crippen molar-refractivity contribution in [2.75, 3.05) is 7.11 Å². The van der Waals surface area contributed by atoms with E-state index in [-0.39, 0.29) is 0 Å². The van der Waals surface area contributed by atoms with Crippen molar-refractivity contribution in [2.24, 2.45) is 0 Å². The number of alkyl halides is 3. The third-order valence-corrected chi connectivity index (χ3v) is 3.85. The Kier molecular flexibility index (Phi) is 6.63. The Balaban J connectivity index is 1.89. The Labute approximate surface area is 150 Å². The highest BCUT2D eigenvalue weighted by molar-refractivity contribution is 5.74. The van der Waals surface area contributed by atoms with Gasteiger partial charge in [0.25, 0.3) is 0 Å². The molecule has 1 unspecified atom stereocenters. The molecule has 0 aliphatic carbocycles. The number of urea groups is 1. The van der Waals surface area contributed by atoms with Crippen LogP contribution in [0, 0.1) is 0 Å². The summed E-state index contributed by atoms with van der Waals surface area (Å²) in [4.78, 5) is 12.0. The number of nitrogens with one attached hydrogen (secondary N) is 2. The van der Waals surface area contributed by atoms with Gasteiger partial charge in [0.2, 0.25) is 0 Å².